The van der Waals surface area contributed by atoms with Crippen LogP contribution in [0.4, 0.5) is 0 Å². The summed E-state index contributed by atoms with van der Waals surface area (Å²) in [5.41, 5.74) is 40.2. The molecule has 8 atom stereocenters. The standard InChI is InChI=1S/2C6H13N2OS.4C5H11N2OS.6Cu/c2*1-5-4-8(6(7)10)2-3-9-5;4*6-5(9)7-1-3-8-4-2-7;;;;;;/h2*5-7,10H,2-4H2,1H3;4*5-6,9H,1-4H2;;;;;;/q6*-1;6*+1/p-6. The van der Waals surface area contributed by atoms with Crippen LogP contribution in [0.2, 0.25) is 0 Å². The van der Waals surface area contributed by atoms with Gasteiger partial charge in [-0.25, -0.2) is 33.0 Å². The molecule has 0 bridgehead atoms. The average Bonchev–Trinajstić information content (AvgIpc) is 3.20. The van der Waals surface area contributed by atoms with Crippen LogP contribution in [-0.4, -0.2) is 219 Å². The minimum atomic E-state index is -0.494. The molecule has 6 aliphatic rings. The van der Waals surface area contributed by atoms with Gasteiger partial charge in [-0.15, -0.1) is 0 Å². The molecule has 62 heavy (non-hydrogen) atoms. The molecule has 0 aromatic carbocycles. The van der Waals surface area contributed by atoms with Crippen molar-refractivity contribution in [3.8, 4) is 0 Å². The van der Waals surface area contributed by atoms with Crippen molar-refractivity contribution in [1.29, 1.82) is 0 Å². The molecule has 6 heterocycles. The Morgan fingerprint density at radius 2 is 0.484 bits per heavy atom. The van der Waals surface area contributed by atoms with Gasteiger partial charge in [-0.2, -0.15) is 0 Å². The Balaban J connectivity index is -0.000000149. The number of ether oxygens (including phenoxy) is 6. The van der Waals surface area contributed by atoms with E-state index in [2.05, 4.69) is 0 Å². The Labute approximate surface area is 469 Å². The van der Waals surface area contributed by atoms with Crippen molar-refractivity contribution in [3.63, 3.8) is 0 Å². The van der Waals surface area contributed by atoms with Crippen molar-refractivity contribution in [1.82, 2.24) is 29.4 Å². The number of nitrogens with zero attached hydrogens (tertiary/aromatic N) is 6. The molecular weight excluding hydrogens is 1220 g/mol. The molecule has 0 aromatic rings. The summed E-state index contributed by atoms with van der Waals surface area (Å²) >= 11 is 28.5. The van der Waals surface area contributed by atoms with Crippen LogP contribution < -0.4 is 0 Å². The Morgan fingerprint density at radius 3 is 0.597 bits per heavy atom. The van der Waals surface area contributed by atoms with Crippen molar-refractivity contribution in [2.75, 3.05) is 145 Å². The number of rotatable bonds is 6. The summed E-state index contributed by atoms with van der Waals surface area (Å²) in [5, 5.41) is 0. The van der Waals surface area contributed by atoms with Crippen molar-refractivity contribution in [3.05, 3.63) is 34.4 Å². The first kappa shape index (κ1) is 77.9. The van der Waals surface area contributed by atoms with Crippen LogP contribution in [0, 0.1) is 0 Å². The van der Waals surface area contributed by atoms with E-state index in [9.17, 15) is 0 Å². The zero-order valence-corrected chi connectivity index (χ0v) is 45.1. The number of hydrogen-bond acceptors (Lipinski definition) is 18. The van der Waals surface area contributed by atoms with Crippen LogP contribution in [0.5, 0.6) is 0 Å². The van der Waals surface area contributed by atoms with Crippen LogP contribution in [-0.2, 0) is 207 Å². The van der Waals surface area contributed by atoms with E-state index in [1.165, 1.54) is 0 Å². The molecule has 6 rings (SSSR count). The second-order valence-corrected chi connectivity index (χ2v) is 15.7. The predicted octanol–water partition coefficient (Wildman–Crippen LogP) is 1.97. The molecule has 396 valence electrons. The van der Waals surface area contributed by atoms with Crippen molar-refractivity contribution >= 4 is 75.8 Å². The van der Waals surface area contributed by atoms with Gasteiger partial charge < -0.3 is 168 Å². The van der Waals surface area contributed by atoms with E-state index < -0.39 is 33.0 Å². The fourth-order valence-corrected chi connectivity index (χ4v) is 6.59. The summed E-state index contributed by atoms with van der Waals surface area (Å²) in [5.74, 6) is 0. The van der Waals surface area contributed by atoms with Gasteiger partial charge in [-0.3, -0.25) is 0 Å². The van der Waals surface area contributed by atoms with Gasteiger partial charge >= 0.3 is 102 Å². The van der Waals surface area contributed by atoms with E-state index in [0.29, 0.717) is 13.2 Å². The van der Waals surface area contributed by atoms with Gasteiger partial charge in [0.2, 0.25) is 0 Å². The monoisotopic (exact) mass is 1280 g/mol. The first-order chi connectivity index (χ1) is 26.6. The van der Waals surface area contributed by atoms with E-state index in [1.54, 1.807) is 0 Å². The molecule has 0 aliphatic carbocycles. The minimum absolute atomic E-state index is 0. The number of morpholine rings is 6. The van der Waals surface area contributed by atoms with Crippen molar-refractivity contribution in [2.24, 2.45) is 0 Å². The third kappa shape index (κ3) is 40.1. The summed E-state index contributed by atoms with van der Waals surface area (Å²) in [7, 11) is 0. The Hall–Kier alpha value is 4.50. The van der Waals surface area contributed by atoms with E-state index in [1.807, 2.05) is 43.2 Å². The summed E-state index contributed by atoms with van der Waals surface area (Å²) < 4.78 is 30.9. The van der Waals surface area contributed by atoms with E-state index in [-0.39, 0.29) is 115 Å². The quantitative estimate of drug-likeness (QED) is 0.274. The predicted molar refractivity (Wildman–Crippen MR) is 236 cm³/mol. The first-order valence-corrected chi connectivity index (χ1v) is 21.6. The molecule has 0 spiro atoms. The van der Waals surface area contributed by atoms with Crippen molar-refractivity contribution < 1.29 is 131 Å². The maximum absolute atomic E-state index is 7.25. The third-order valence-electron chi connectivity index (χ3n) is 8.72. The average molecular weight is 1290 g/mol. The molecule has 0 aromatic heterocycles. The van der Waals surface area contributed by atoms with Crippen LogP contribution >= 0.6 is 0 Å². The molecule has 6 saturated heterocycles. The normalized spacial score (nSPS) is 25.5. The summed E-state index contributed by atoms with van der Waals surface area (Å²) in [6.45, 7) is 21.0. The topological polar surface area (TPSA) is 218 Å². The largest absolute Gasteiger partial charge is 1.00 e. The second kappa shape index (κ2) is 49.1. The first-order valence-electron chi connectivity index (χ1n) is 18.8. The van der Waals surface area contributed by atoms with E-state index >= 15 is 0 Å². The smallest absolute Gasteiger partial charge is 0.797 e. The van der Waals surface area contributed by atoms with Crippen LogP contribution in [0.1, 0.15) is 13.8 Å². The Morgan fingerprint density at radius 1 is 0.323 bits per heavy atom. The van der Waals surface area contributed by atoms with Gasteiger partial charge in [0.25, 0.3) is 0 Å². The molecule has 0 radical (unpaired) electrons. The van der Waals surface area contributed by atoms with Crippen molar-refractivity contribution in [2.45, 2.75) is 59.0 Å². The fourth-order valence-electron chi connectivity index (χ4n) is 5.36. The fraction of sp³-hybridized carbons (Fsp3) is 1.00. The molecule has 0 saturated carbocycles. The second-order valence-electron chi connectivity index (χ2n) is 13.1. The van der Waals surface area contributed by atoms with Gasteiger partial charge in [0.1, 0.15) is 0 Å². The van der Waals surface area contributed by atoms with Gasteiger partial charge in [0, 0.05) is 78.5 Å². The molecular formula is C32H64Cu6N12O6S6-6. The molecule has 6 N–H and O–H groups in total. The van der Waals surface area contributed by atoms with Gasteiger partial charge in [-0.05, 0) is 13.8 Å². The van der Waals surface area contributed by atoms with Crippen LogP contribution in [0.25, 0.3) is 34.4 Å². The van der Waals surface area contributed by atoms with Gasteiger partial charge in [-0.1, -0.05) is 0 Å². The third-order valence-corrected chi connectivity index (χ3v) is 10.5. The number of nitrogens with one attached hydrogen (secondary N) is 6. The summed E-state index contributed by atoms with van der Waals surface area (Å²) in [6, 6.07) is 0. The maximum atomic E-state index is 7.25. The maximum Gasteiger partial charge on any atom is 1.00 e. The zero-order chi connectivity index (χ0) is 41.9. The SMILES string of the molecule is CC1CN(C([NH-])[S-])CCO1.CC1CN(C([NH-])[S-])CCO1.[Cu+].[Cu+].[Cu+].[Cu+].[Cu+].[Cu+].[NH-]C([S-])N1CCOCC1.[NH-]C([S-])N1CCOCC1.[NH-]C([S-])N1CCOCC1.[NH-]C([S-])N1CCOCC1. The Kier molecular flexibility index (Phi) is 61.7. The molecule has 6 fully saturated rings. The molecule has 18 nitrogen and oxygen atoms in total. The zero-order valence-electron chi connectivity index (χ0n) is 34.6. The number of hydrogen-bond donors (Lipinski definition) is 0. The summed E-state index contributed by atoms with van der Waals surface area (Å²) in [6.07, 6.45) is 0.481. The van der Waals surface area contributed by atoms with E-state index in [4.69, 9.17) is 139 Å². The van der Waals surface area contributed by atoms with Gasteiger partial charge in [0.15, 0.2) is 0 Å². The minimum Gasteiger partial charge on any atom is -0.797 e. The van der Waals surface area contributed by atoms with Gasteiger partial charge in [0.05, 0.1) is 78.3 Å². The van der Waals surface area contributed by atoms with E-state index in [0.717, 1.165) is 131 Å². The van der Waals surface area contributed by atoms with Crippen LogP contribution in [0.15, 0.2) is 0 Å². The molecule has 8 unspecified atom stereocenters. The summed E-state index contributed by atoms with van der Waals surface area (Å²) in [4.78, 5) is 11.5. The molecule has 0 amide bonds. The van der Waals surface area contributed by atoms with Crippen LogP contribution in [0.3, 0.4) is 0 Å². The molecule has 30 heteroatoms. The Bertz CT molecular complexity index is 828. The molecule has 6 aliphatic heterocycles.